The number of likely N-dealkylation sites (N-methyl/N-ethyl adjacent to an activating group) is 1. The second-order valence-electron chi connectivity index (χ2n) is 5.33. The maximum absolute atomic E-state index is 8.82. The number of nitrogens with zero attached hydrogens (tertiary/aromatic N) is 1. The molecule has 1 aromatic heterocycles. The summed E-state index contributed by atoms with van der Waals surface area (Å²) in [6.45, 7) is 3.55. The van der Waals surface area contributed by atoms with Crippen molar-refractivity contribution in [3.05, 3.63) is 22.4 Å². The average molecular weight is 268 g/mol. The molecule has 102 valence electrons. The molecule has 2 unspecified atom stereocenters. The molecule has 0 radical (unpaired) electrons. The Morgan fingerprint density at radius 3 is 3.11 bits per heavy atom. The first-order valence-corrected chi connectivity index (χ1v) is 7.71. The summed E-state index contributed by atoms with van der Waals surface area (Å²) in [5.41, 5.74) is 0. The Hall–Kier alpha value is -0.420. The molecule has 1 aliphatic heterocycles. The summed E-state index contributed by atoms with van der Waals surface area (Å²) < 4.78 is 0. The summed E-state index contributed by atoms with van der Waals surface area (Å²) in [6, 6.07) is 4.97. The van der Waals surface area contributed by atoms with E-state index in [1.807, 2.05) is 11.3 Å². The van der Waals surface area contributed by atoms with E-state index in [1.165, 1.54) is 24.3 Å². The van der Waals surface area contributed by atoms with Gasteiger partial charge in [-0.25, -0.2) is 0 Å². The lowest BCUT2D eigenvalue weighted by molar-refractivity contribution is 0.167. The summed E-state index contributed by atoms with van der Waals surface area (Å²) in [4.78, 5) is 3.93. The quantitative estimate of drug-likeness (QED) is 0.769. The standard InChI is InChI=1S/C14H24N2OS/c1-16-10-12(9-14-4-2-7-18-14)8-13(11-16)15-5-3-6-17/h2,4,7,12-13,15,17H,3,5-6,8-11H2,1H3. The molecule has 0 saturated carbocycles. The number of hydrogen-bond acceptors (Lipinski definition) is 4. The van der Waals surface area contributed by atoms with E-state index in [4.69, 9.17) is 5.11 Å². The normalized spacial score (nSPS) is 25.4. The van der Waals surface area contributed by atoms with Crippen molar-refractivity contribution in [2.75, 3.05) is 33.3 Å². The maximum Gasteiger partial charge on any atom is 0.0443 e. The number of likely N-dealkylation sites (tertiary alicyclic amines) is 1. The van der Waals surface area contributed by atoms with E-state index in [0.717, 1.165) is 25.4 Å². The van der Waals surface area contributed by atoms with Gasteiger partial charge in [-0.05, 0) is 50.2 Å². The highest BCUT2D eigenvalue weighted by Gasteiger charge is 2.25. The van der Waals surface area contributed by atoms with Gasteiger partial charge in [0.1, 0.15) is 0 Å². The third-order valence-electron chi connectivity index (χ3n) is 3.56. The van der Waals surface area contributed by atoms with Gasteiger partial charge in [0.05, 0.1) is 0 Å². The summed E-state index contributed by atoms with van der Waals surface area (Å²) in [6.07, 6.45) is 3.32. The van der Waals surface area contributed by atoms with Crippen LogP contribution in [0.1, 0.15) is 17.7 Å². The second-order valence-corrected chi connectivity index (χ2v) is 6.37. The Balaban J connectivity index is 1.80. The van der Waals surface area contributed by atoms with E-state index >= 15 is 0 Å². The minimum atomic E-state index is 0.286. The van der Waals surface area contributed by atoms with Gasteiger partial charge in [0.15, 0.2) is 0 Å². The SMILES string of the molecule is CN1CC(Cc2cccs2)CC(NCCCO)C1. The minimum Gasteiger partial charge on any atom is -0.396 e. The van der Waals surface area contributed by atoms with Crippen LogP contribution >= 0.6 is 11.3 Å². The Bertz CT molecular complexity index is 329. The van der Waals surface area contributed by atoms with Crippen molar-refractivity contribution in [2.24, 2.45) is 5.92 Å². The lowest BCUT2D eigenvalue weighted by Crippen LogP contribution is -2.48. The number of thiophene rings is 1. The Labute approximate surface area is 114 Å². The van der Waals surface area contributed by atoms with Gasteiger partial charge in [-0.15, -0.1) is 11.3 Å². The van der Waals surface area contributed by atoms with Crippen LogP contribution in [0.25, 0.3) is 0 Å². The first kappa shape index (κ1) is 14.0. The van der Waals surface area contributed by atoms with Crippen molar-refractivity contribution < 1.29 is 5.11 Å². The minimum absolute atomic E-state index is 0.286. The molecular weight excluding hydrogens is 244 g/mol. The molecule has 2 rings (SSSR count). The number of aliphatic hydroxyl groups excluding tert-OH is 1. The van der Waals surface area contributed by atoms with Gasteiger partial charge < -0.3 is 15.3 Å². The maximum atomic E-state index is 8.82. The zero-order chi connectivity index (χ0) is 12.8. The highest BCUT2D eigenvalue weighted by molar-refractivity contribution is 7.09. The van der Waals surface area contributed by atoms with Gasteiger partial charge in [-0.2, -0.15) is 0 Å². The first-order chi connectivity index (χ1) is 8.78. The van der Waals surface area contributed by atoms with E-state index in [9.17, 15) is 0 Å². The topological polar surface area (TPSA) is 35.5 Å². The highest BCUT2D eigenvalue weighted by atomic mass is 32.1. The third-order valence-corrected chi connectivity index (χ3v) is 4.46. The van der Waals surface area contributed by atoms with Gasteiger partial charge in [0.25, 0.3) is 0 Å². The Morgan fingerprint density at radius 1 is 1.50 bits per heavy atom. The fraction of sp³-hybridized carbons (Fsp3) is 0.714. The van der Waals surface area contributed by atoms with Crippen LogP contribution in [0.15, 0.2) is 17.5 Å². The number of rotatable bonds is 6. The van der Waals surface area contributed by atoms with Crippen LogP contribution in [-0.4, -0.2) is 49.3 Å². The molecule has 0 aromatic carbocycles. The van der Waals surface area contributed by atoms with Crippen molar-refractivity contribution >= 4 is 11.3 Å². The summed E-state index contributed by atoms with van der Waals surface area (Å²) in [5, 5.41) is 14.6. The zero-order valence-electron chi connectivity index (χ0n) is 11.1. The van der Waals surface area contributed by atoms with E-state index in [-0.39, 0.29) is 6.61 Å². The number of piperidine rings is 1. The van der Waals surface area contributed by atoms with Crippen LogP contribution in [0.4, 0.5) is 0 Å². The van der Waals surface area contributed by atoms with Crippen LogP contribution < -0.4 is 5.32 Å². The van der Waals surface area contributed by atoms with Crippen molar-refractivity contribution in [3.8, 4) is 0 Å². The Morgan fingerprint density at radius 2 is 2.39 bits per heavy atom. The lowest BCUT2D eigenvalue weighted by atomic mass is 9.91. The van der Waals surface area contributed by atoms with Gasteiger partial charge in [-0.3, -0.25) is 0 Å². The smallest absolute Gasteiger partial charge is 0.0443 e. The number of nitrogens with one attached hydrogen (secondary N) is 1. The molecule has 1 aromatic rings. The zero-order valence-corrected chi connectivity index (χ0v) is 12.0. The highest BCUT2D eigenvalue weighted by Crippen LogP contribution is 2.22. The number of hydrogen-bond donors (Lipinski definition) is 2. The molecule has 2 N–H and O–H groups in total. The van der Waals surface area contributed by atoms with Crippen molar-refractivity contribution in [1.29, 1.82) is 0 Å². The van der Waals surface area contributed by atoms with Gasteiger partial charge in [0, 0.05) is 30.6 Å². The molecule has 0 amide bonds. The van der Waals surface area contributed by atoms with Crippen LogP contribution in [0.3, 0.4) is 0 Å². The van der Waals surface area contributed by atoms with Crippen molar-refractivity contribution in [2.45, 2.75) is 25.3 Å². The predicted molar refractivity (Wildman–Crippen MR) is 77.1 cm³/mol. The fourth-order valence-corrected chi connectivity index (χ4v) is 3.66. The average Bonchev–Trinajstić information content (AvgIpc) is 2.81. The lowest BCUT2D eigenvalue weighted by Gasteiger charge is -2.36. The van der Waals surface area contributed by atoms with Gasteiger partial charge >= 0.3 is 0 Å². The molecule has 0 spiro atoms. The summed E-state index contributed by atoms with van der Waals surface area (Å²) in [5.74, 6) is 0.758. The molecule has 1 aliphatic rings. The molecule has 0 bridgehead atoms. The largest absolute Gasteiger partial charge is 0.396 e. The molecule has 4 heteroatoms. The molecule has 2 atom stereocenters. The van der Waals surface area contributed by atoms with Crippen LogP contribution in [-0.2, 0) is 6.42 Å². The third kappa shape index (κ3) is 4.35. The van der Waals surface area contributed by atoms with E-state index in [1.54, 1.807) is 0 Å². The molecule has 3 nitrogen and oxygen atoms in total. The van der Waals surface area contributed by atoms with E-state index in [0.29, 0.717) is 6.04 Å². The van der Waals surface area contributed by atoms with Crippen molar-refractivity contribution in [1.82, 2.24) is 10.2 Å². The van der Waals surface area contributed by atoms with Gasteiger partial charge in [0.2, 0.25) is 0 Å². The summed E-state index contributed by atoms with van der Waals surface area (Å²) in [7, 11) is 2.21. The molecule has 18 heavy (non-hydrogen) atoms. The second kappa shape index (κ2) is 7.24. The molecule has 1 saturated heterocycles. The summed E-state index contributed by atoms with van der Waals surface area (Å²) >= 11 is 1.87. The molecule has 2 heterocycles. The Kier molecular flexibility index (Phi) is 5.63. The van der Waals surface area contributed by atoms with Crippen LogP contribution in [0.2, 0.25) is 0 Å². The van der Waals surface area contributed by atoms with E-state index in [2.05, 4.69) is 34.8 Å². The van der Waals surface area contributed by atoms with E-state index < -0.39 is 0 Å². The van der Waals surface area contributed by atoms with Crippen molar-refractivity contribution in [3.63, 3.8) is 0 Å². The molecular formula is C14H24N2OS. The predicted octanol–water partition coefficient (Wildman–Crippen LogP) is 1.58. The number of aliphatic hydroxyl groups is 1. The molecule has 0 aliphatic carbocycles. The van der Waals surface area contributed by atoms with Crippen LogP contribution in [0.5, 0.6) is 0 Å². The molecule has 1 fully saturated rings. The van der Waals surface area contributed by atoms with Crippen LogP contribution in [0, 0.1) is 5.92 Å². The fourth-order valence-electron chi connectivity index (χ4n) is 2.84. The van der Waals surface area contributed by atoms with Gasteiger partial charge in [-0.1, -0.05) is 6.07 Å². The monoisotopic (exact) mass is 268 g/mol. The first-order valence-electron chi connectivity index (χ1n) is 6.83.